The van der Waals surface area contributed by atoms with E-state index in [4.69, 9.17) is 0 Å². The Kier molecular flexibility index (Phi) is 3.49. The number of nitrogens with one attached hydrogen (secondary N) is 1. The maximum Gasteiger partial charge on any atom is 0.142 e. The highest BCUT2D eigenvalue weighted by atomic mass is 19.1. The molecule has 0 aliphatic carbocycles. The molecule has 0 atom stereocenters. The first-order valence-corrected chi connectivity index (χ1v) is 5.56. The van der Waals surface area contributed by atoms with Gasteiger partial charge in [-0.15, -0.1) is 0 Å². The Morgan fingerprint density at radius 3 is 2.71 bits per heavy atom. The highest BCUT2D eigenvalue weighted by Gasteiger charge is 2.04. The van der Waals surface area contributed by atoms with Gasteiger partial charge in [0.05, 0.1) is 6.20 Å². The second kappa shape index (κ2) is 5.06. The molecule has 0 radical (unpaired) electrons. The summed E-state index contributed by atoms with van der Waals surface area (Å²) in [6, 6.07) is 7.67. The first-order chi connectivity index (χ1) is 8.20. The molecule has 0 amide bonds. The minimum absolute atomic E-state index is 0.304. The third-order valence-electron chi connectivity index (χ3n) is 2.69. The molecule has 0 bridgehead atoms. The van der Waals surface area contributed by atoms with E-state index < -0.39 is 0 Å². The summed E-state index contributed by atoms with van der Waals surface area (Å²) in [6.07, 6.45) is 2.90. The van der Waals surface area contributed by atoms with Crippen molar-refractivity contribution in [2.45, 2.75) is 13.5 Å². The lowest BCUT2D eigenvalue weighted by Gasteiger charge is -2.08. The van der Waals surface area contributed by atoms with Crippen LogP contribution in [0, 0.1) is 12.7 Å². The van der Waals surface area contributed by atoms with Gasteiger partial charge in [0.25, 0.3) is 0 Å². The maximum atomic E-state index is 13.1. The minimum Gasteiger partial charge on any atom is -0.316 e. The van der Waals surface area contributed by atoms with Crippen molar-refractivity contribution in [2.75, 3.05) is 7.05 Å². The molecule has 0 saturated heterocycles. The summed E-state index contributed by atoms with van der Waals surface area (Å²) in [7, 11) is 1.92. The van der Waals surface area contributed by atoms with Gasteiger partial charge in [-0.05, 0) is 36.7 Å². The molecule has 2 rings (SSSR count). The van der Waals surface area contributed by atoms with Crippen LogP contribution in [-0.4, -0.2) is 12.0 Å². The first kappa shape index (κ1) is 11.7. The second-order valence-electron chi connectivity index (χ2n) is 4.07. The molecule has 0 spiro atoms. The summed E-state index contributed by atoms with van der Waals surface area (Å²) in [6.45, 7) is 2.86. The van der Waals surface area contributed by atoms with E-state index in [0.29, 0.717) is 0 Å². The molecule has 17 heavy (non-hydrogen) atoms. The Balaban J connectivity index is 2.39. The summed E-state index contributed by atoms with van der Waals surface area (Å²) >= 11 is 0. The van der Waals surface area contributed by atoms with Gasteiger partial charge in [0.1, 0.15) is 5.82 Å². The van der Waals surface area contributed by atoms with E-state index >= 15 is 0 Å². The van der Waals surface area contributed by atoms with E-state index in [0.717, 1.165) is 23.2 Å². The number of rotatable bonds is 3. The largest absolute Gasteiger partial charge is 0.316 e. The van der Waals surface area contributed by atoms with Gasteiger partial charge >= 0.3 is 0 Å². The van der Waals surface area contributed by atoms with Crippen LogP contribution in [0.4, 0.5) is 4.39 Å². The molecule has 88 valence electrons. The summed E-state index contributed by atoms with van der Waals surface area (Å²) in [5.41, 5.74) is 4.19. The van der Waals surface area contributed by atoms with Gasteiger partial charge in [-0.2, -0.15) is 0 Å². The molecule has 0 aliphatic heterocycles. The average molecular weight is 230 g/mol. The fraction of sp³-hybridized carbons (Fsp3) is 0.214. The van der Waals surface area contributed by atoms with Crippen LogP contribution in [0.3, 0.4) is 0 Å². The minimum atomic E-state index is -0.304. The third kappa shape index (κ3) is 2.68. The summed E-state index contributed by atoms with van der Waals surface area (Å²) in [5, 5.41) is 3.11. The van der Waals surface area contributed by atoms with E-state index in [1.165, 1.54) is 17.8 Å². The van der Waals surface area contributed by atoms with E-state index in [1.807, 2.05) is 26.1 Å². The average Bonchev–Trinajstić information content (AvgIpc) is 2.29. The lowest BCUT2D eigenvalue weighted by molar-refractivity contribution is 0.622. The molecular weight excluding hydrogens is 215 g/mol. The van der Waals surface area contributed by atoms with Crippen molar-refractivity contribution >= 4 is 0 Å². The Hall–Kier alpha value is -1.74. The fourth-order valence-electron chi connectivity index (χ4n) is 1.92. The summed E-state index contributed by atoms with van der Waals surface area (Å²) in [4.78, 5) is 3.87. The summed E-state index contributed by atoms with van der Waals surface area (Å²) in [5.74, 6) is -0.304. The molecule has 1 aromatic heterocycles. The molecular formula is C14H15FN2. The zero-order valence-electron chi connectivity index (χ0n) is 10.00. The number of benzene rings is 1. The molecule has 0 saturated carbocycles. The topological polar surface area (TPSA) is 24.9 Å². The SMILES string of the molecule is CNCc1ccc(-c2cncc(F)c2)c(C)c1. The van der Waals surface area contributed by atoms with Crippen LogP contribution in [0.25, 0.3) is 11.1 Å². The lowest BCUT2D eigenvalue weighted by atomic mass is 10.00. The van der Waals surface area contributed by atoms with Crippen molar-refractivity contribution in [1.29, 1.82) is 0 Å². The van der Waals surface area contributed by atoms with Gasteiger partial charge in [0, 0.05) is 18.3 Å². The van der Waals surface area contributed by atoms with Crippen LogP contribution in [0.15, 0.2) is 36.7 Å². The van der Waals surface area contributed by atoms with Crippen molar-refractivity contribution in [3.05, 3.63) is 53.6 Å². The van der Waals surface area contributed by atoms with Crippen LogP contribution in [0.2, 0.25) is 0 Å². The number of hydrogen-bond donors (Lipinski definition) is 1. The molecule has 0 fully saturated rings. The summed E-state index contributed by atoms with van der Waals surface area (Å²) < 4.78 is 13.1. The predicted molar refractivity (Wildman–Crippen MR) is 67.1 cm³/mol. The molecule has 2 nitrogen and oxygen atoms in total. The fourth-order valence-corrected chi connectivity index (χ4v) is 1.92. The standard InChI is InChI=1S/C14H15FN2/c1-10-5-11(7-16-2)3-4-14(10)12-6-13(15)9-17-8-12/h3-6,8-9,16H,7H2,1-2H3. The predicted octanol–water partition coefficient (Wildman–Crippen LogP) is 2.92. The van der Waals surface area contributed by atoms with Crippen molar-refractivity contribution in [3.63, 3.8) is 0 Å². The third-order valence-corrected chi connectivity index (χ3v) is 2.69. The van der Waals surface area contributed by atoms with Crippen molar-refractivity contribution < 1.29 is 4.39 Å². The number of pyridine rings is 1. The van der Waals surface area contributed by atoms with E-state index in [-0.39, 0.29) is 5.82 Å². The Morgan fingerprint density at radius 1 is 1.24 bits per heavy atom. The zero-order chi connectivity index (χ0) is 12.3. The number of nitrogens with zero attached hydrogens (tertiary/aromatic N) is 1. The second-order valence-corrected chi connectivity index (χ2v) is 4.07. The van der Waals surface area contributed by atoms with Gasteiger partial charge in [-0.3, -0.25) is 4.98 Å². The number of halogens is 1. The first-order valence-electron chi connectivity index (χ1n) is 5.56. The maximum absolute atomic E-state index is 13.1. The van der Waals surface area contributed by atoms with Crippen molar-refractivity contribution in [2.24, 2.45) is 0 Å². The van der Waals surface area contributed by atoms with Gasteiger partial charge < -0.3 is 5.32 Å². The number of aromatic nitrogens is 1. The van der Waals surface area contributed by atoms with E-state index in [1.54, 1.807) is 6.20 Å². The van der Waals surface area contributed by atoms with Gasteiger partial charge in [0.2, 0.25) is 0 Å². The smallest absolute Gasteiger partial charge is 0.142 e. The van der Waals surface area contributed by atoms with E-state index in [2.05, 4.69) is 16.4 Å². The Labute approximate surface area is 101 Å². The zero-order valence-corrected chi connectivity index (χ0v) is 10.00. The molecule has 1 N–H and O–H groups in total. The Bertz CT molecular complexity index is 523. The lowest BCUT2D eigenvalue weighted by Crippen LogP contribution is -2.05. The number of hydrogen-bond acceptors (Lipinski definition) is 2. The monoisotopic (exact) mass is 230 g/mol. The molecule has 0 unspecified atom stereocenters. The van der Waals surface area contributed by atoms with Gasteiger partial charge in [-0.25, -0.2) is 4.39 Å². The molecule has 2 aromatic rings. The van der Waals surface area contributed by atoms with Gasteiger partial charge in [0.15, 0.2) is 0 Å². The van der Waals surface area contributed by atoms with Crippen molar-refractivity contribution in [1.82, 2.24) is 10.3 Å². The molecule has 3 heteroatoms. The van der Waals surface area contributed by atoms with Crippen LogP contribution < -0.4 is 5.32 Å². The highest BCUT2D eigenvalue weighted by molar-refractivity contribution is 5.66. The van der Waals surface area contributed by atoms with Crippen LogP contribution in [0.1, 0.15) is 11.1 Å². The number of aryl methyl sites for hydroxylation is 1. The van der Waals surface area contributed by atoms with Gasteiger partial charge in [-0.1, -0.05) is 18.2 Å². The molecule has 1 heterocycles. The van der Waals surface area contributed by atoms with Crippen molar-refractivity contribution in [3.8, 4) is 11.1 Å². The highest BCUT2D eigenvalue weighted by Crippen LogP contribution is 2.24. The van der Waals surface area contributed by atoms with Crippen LogP contribution in [0.5, 0.6) is 0 Å². The van der Waals surface area contributed by atoms with Crippen LogP contribution in [-0.2, 0) is 6.54 Å². The molecule has 1 aromatic carbocycles. The molecule has 0 aliphatic rings. The van der Waals surface area contributed by atoms with E-state index in [9.17, 15) is 4.39 Å². The van der Waals surface area contributed by atoms with Crippen LogP contribution >= 0.6 is 0 Å². The Morgan fingerprint density at radius 2 is 2.06 bits per heavy atom. The quantitative estimate of drug-likeness (QED) is 0.877. The normalized spacial score (nSPS) is 10.5.